The number of benzene rings is 1. The van der Waals surface area contributed by atoms with Crippen LogP contribution in [0.2, 0.25) is 0 Å². The first-order chi connectivity index (χ1) is 14.4. The Labute approximate surface area is 174 Å². The molecule has 2 amide bonds. The number of aromatic nitrogens is 2. The first-order valence-electron chi connectivity index (χ1n) is 10.5. The van der Waals surface area contributed by atoms with Crippen LogP contribution in [0.25, 0.3) is 0 Å². The molecule has 4 rings (SSSR count). The predicted octanol–water partition coefficient (Wildman–Crippen LogP) is 3.13. The Morgan fingerprint density at radius 3 is 2.60 bits per heavy atom. The van der Waals surface area contributed by atoms with E-state index in [9.17, 15) is 18.4 Å². The van der Waals surface area contributed by atoms with E-state index in [-0.39, 0.29) is 29.2 Å². The minimum absolute atomic E-state index is 0.0132. The average Bonchev–Trinajstić information content (AvgIpc) is 3.08. The van der Waals surface area contributed by atoms with Gasteiger partial charge in [0.15, 0.2) is 0 Å². The molecule has 0 bridgehead atoms. The standard InChI is InChI=1S/C22H26F2N4O2/c1-13(29)25-11-14-8-9-28-19(10-14)16(12-26-28)22(30)27-21(15-4-2-5-15)20-17(23)6-3-7-18(20)24/h3,6-7,12,14-15,21H,2,4-5,8-11H2,1H3,(H,25,29)(H,27,30). The van der Waals surface area contributed by atoms with Gasteiger partial charge in [-0.3, -0.25) is 14.3 Å². The van der Waals surface area contributed by atoms with Crippen LogP contribution in [0.1, 0.15) is 60.3 Å². The van der Waals surface area contributed by atoms with Crippen LogP contribution in [0.4, 0.5) is 8.78 Å². The molecule has 0 radical (unpaired) electrons. The van der Waals surface area contributed by atoms with Gasteiger partial charge in [0.2, 0.25) is 5.91 Å². The van der Waals surface area contributed by atoms with E-state index in [1.165, 1.54) is 31.3 Å². The number of hydrogen-bond acceptors (Lipinski definition) is 3. The van der Waals surface area contributed by atoms with E-state index in [4.69, 9.17) is 0 Å². The second kappa shape index (κ2) is 8.53. The molecule has 2 aromatic rings. The van der Waals surface area contributed by atoms with Crippen LogP contribution in [-0.2, 0) is 17.8 Å². The molecule has 6 nitrogen and oxygen atoms in total. The highest BCUT2D eigenvalue weighted by atomic mass is 19.1. The van der Waals surface area contributed by atoms with E-state index in [0.717, 1.165) is 31.4 Å². The number of nitrogens with one attached hydrogen (secondary N) is 2. The van der Waals surface area contributed by atoms with Gasteiger partial charge in [-0.25, -0.2) is 8.78 Å². The number of amides is 2. The van der Waals surface area contributed by atoms with Crippen molar-refractivity contribution in [2.75, 3.05) is 6.54 Å². The van der Waals surface area contributed by atoms with Gasteiger partial charge in [-0.15, -0.1) is 0 Å². The summed E-state index contributed by atoms with van der Waals surface area (Å²) in [7, 11) is 0. The molecule has 2 aliphatic rings. The Morgan fingerprint density at radius 2 is 1.97 bits per heavy atom. The lowest BCUT2D eigenvalue weighted by Gasteiger charge is -2.35. The van der Waals surface area contributed by atoms with Crippen LogP contribution >= 0.6 is 0 Å². The topological polar surface area (TPSA) is 76.0 Å². The largest absolute Gasteiger partial charge is 0.356 e. The zero-order valence-corrected chi connectivity index (χ0v) is 17.0. The van der Waals surface area contributed by atoms with Gasteiger partial charge in [0.05, 0.1) is 23.5 Å². The maximum atomic E-state index is 14.4. The number of halogens is 2. The first kappa shape index (κ1) is 20.5. The summed E-state index contributed by atoms with van der Waals surface area (Å²) in [5, 5.41) is 10.0. The van der Waals surface area contributed by atoms with Crippen molar-refractivity contribution in [1.82, 2.24) is 20.4 Å². The van der Waals surface area contributed by atoms with Crippen molar-refractivity contribution in [1.29, 1.82) is 0 Å². The number of hydrogen-bond donors (Lipinski definition) is 2. The Bertz CT molecular complexity index is 934. The van der Waals surface area contributed by atoms with Gasteiger partial charge in [0.1, 0.15) is 11.6 Å². The Kier molecular flexibility index (Phi) is 5.83. The van der Waals surface area contributed by atoms with Crippen molar-refractivity contribution in [3.8, 4) is 0 Å². The number of carbonyl (C=O) groups is 2. The molecule has 160 valence electrons. The van der Waals surface area contributed by atoms with Crippen molar-refractivity contribution in [2.24, 2.45) is 11.8 Å². The fourth-order valence-electron chi connectivity index (χ4n) is 4.38. The Morgan fingerprint density at radius 1 is 1.23 bits per heavy atom. The summed E-state index contributed by atoms with van der Waals surface area (Å²) in [6.07, 6.45) is 5.64. The second-order valence-corrected chi connectivity index (χ2v) is 8.30. The summed E-state index contributed by atoms with van der Waals surface area (Å²) >= 11 is 0. The molecule has 2 atom stereocenters. The molecule has 1 aromatic heterocycles. The number of carbonyl (C=O) groups excluding carboxylic acids is 2. The lowest BCUT2D eigenvalue weighted by molar-refractivity contribution is -0.119. The van der Waals surface area contributed by atoms with Crippen molar-refractivity contribution in [2.45, 2.75) is 51.6 Å². The maximum Gasteiger partial charge on any atom is 0.255 e. The molecule has 2 N–H and O–H groups in total. The maximum absolute atomic E-state index is 14.4. The van der Waals surface area contributed by atoms with Gasteiger partial charge in [0, 0.05) is 25.6 Å². The fraction of sp³-hybridized carbons (Fsp3) is 0.500. The molecule has 1 aliphatic carbocycles. The van der Waals surface area contributed by atoms with Gasteiger partial charge in [-0.05, 0) is 49.7 Å². The molecule has 1 fully saturated rings. The monoisotopic (exact) mass is 416 g/mol. The Balaban J connectivity index is 1.55. The molecular weight excluding hydrogens is 390 g/mol. The van der Waals surface area contributed by atoms with E-state index in [1.807, 2.05) is 0 Å². The van der Waals surface area contributed by atoms with Crippen LogP contribution in [-0.4, -0.2) is 28.1 Å². The summed E-state index contributed by atoms with van der Waals surface area (Å²) in [6.45, 7) is 2.70. The van der Waals surface area contributed by atoms with Gasteiger partial charge < -0.3 is 10.6 Å². The van der Waals surface area contributed by atoms with Gasteiger partial charge in [0.25, 0.3) is 5.91 Å². The number of fused-ring (bicyclic) bond motifs is 1. The number of nitrogens with zero attached hydrogens (tertiary/aromatic N) is 2. The highest BCUT2D eigenvalue weighted by molar-refractivity contribution is 5.95. The van der Waals surface area contributed by atoms with E-state index >= 15 is 0 Å². The lowest BCUT2D eigenvalue weighted by Crippen LogP contribution is -2.38. The van der Waals surface area contributed by atoms with Crippen molar-refractivity contribution >= 4 is 11.8 Å². The third kappa shape index (κ3) is 4.08. The van der Waals surface area contributed by atoms with Crippen molar-refractivity contribution in [3.05, 3.63) is 52.9 Å². The van der Waals surface area contributed by atoms with Crippen molar-refractivity contribution in [3.63, 3.8) is 0 Å². The quantitative estimate of drug-likeness (QED) is 0.760. The van der Waals surface area contributed by atoms with Gasteiger partial charge in [-0.2, -0.15) is 5.10 Å². The summed E-state index contributed by atoms with van der Waals surface area (Å²) < 4.78 is 30.7. The number of aryl methyl sites for hydroxylation is 1. The SMILES string of the molecule is CC(=O)NCC1CCn2ncc(C(=O)NC(c3c(F)cccc3F)C3CCC3)c2C1. The molecule has 0 spiro atoms. The fourth-order valence-corrected chi connectivity index (χ4v) is 4.38. The van der Waals surface area contributed by atoms with Crippen molar-refractivity contribution < 1.29 is 18.4 Å². The van der Waals surface area contributed by atoms with E-state index in [0.29, 0.717) is 25.1 Å². The molecule has 8 heteroatoms. The van der Waals surface area contributed by atoms with Crippen LogP contribution < -0.4 is 10.6 Å². The highest BCUT2D eigenvalue weighted by Gasteiger charge is 2.35. The molecule has 1 aromatic carbocycles. The predicted molar refractivity (Wildman–Crippen MR) is 107 cm³/mol. The molecule has 0 saturated heterocycles. The average molecular weight is 416 g/mol. The molecule has 30 heavy (non-hydrogen) atoms. The summed E-state index contributed by atoms with van der Waals surface area (Å²) in [4.78, 5) is 24.3. The zero-order chi connectivity index (χ0) is 21.3. The second-order valence-electron chi connectivity index (χ2n) is 8.30. The van der Waals surface area contributed by atoms with Crippen LogP contribution in [0.15, 0.2) is 24.4 Å². The smallest absolute Gasteiger partial charge is 0.255 e. The molecule has 2 unspecified atom stereocenters. The van der Waals surface area contributed by atoms with E-state index in [1.54, 1.807) is 4.68 Å². The zero-order valence-electron chi connectivity index (χ0n) is 17.0. The minimum Gasteiger partial charge on any atom is -0.356 e. The summed E-state index contributed by atoms with van der Waals surface area (Å²) in [5.74, 6) is -1.49. The summed E-state index contributed by atoms with van der Waals surface area (Å²) in [5.41, 5.74) is 1.17. The highest BCUT2D eigenvalue weighted by Crippen LogP contribution is 2.39. The minimum atomic E-state index is -0.707. The third-order valence-electron chi connectivity index (χ3n) is 6.28. The molecule has 2 heterocycles. The van der Waals surface area contributed by atoms with Crippen LogP contribution in [0.3, 0.4) is 0 Å². The van der Waals surface area contributed by atoms with E-state index < -0.39 is 17.7 Å². The van der Waals surface area contributed by atoms with E-state index in [2.05, 4.69) is 15.7 Å². The molecule has 1 saturated carbocycles. The van der Waals surface area contributed by atoms with Crippen LogP contribution in [0.5, 0.6) is 0 Å². The molecule has 1 aliphatic heterocycles. The molecular formula is C22H26F2N4O2. The lowest BCUT2D eigenvalue weighted by atomic mass is 9.76. The summed E-state index contributed by atoms with van der Waals surface area (Å²) in [6, 6.07) is 3.08. The normalized spacial score (nSPS) is 19.5. The third-order valence-corrected chi connectivity index (χ3v) is 6.28. The van der Waals surface area contributed by atoms with Gasteiger partial charge in [-0.1, -0.05) is 12.5 Å². The first-order valence-corrected chi connectivity index (χ1v) is 10.5. The van der Waals surface area contributed by atoms with Crippen LogP contribution in [0, 0.1) is 23.5 Å². The van der Waals surface area contributed by atoms with Gasteiger partial charge >= 0.3 is 0 Å². The Hall–Kier alpha value is -2.77. The number of rotatable bonds is 6.